The predicted octanol–water partition coefficient (Wildman–Crippen LogP) is 4.65. The number of alkyl carbamates (subject to hydrolysis) is 1. The van der Waals surface area contributed by atoms with E-state index in [1.54, 1.807) is 11.8 Å². The Morgan fingerprint density at radius 3 is 2.09 bits per heavy atom. The third-order valence-electron chi connectivity index (χ3n) is 7.58. The summed E-state index contributed by atoms with van der Waals surface area (Å²) in [6.45, 7) is 6.69. The van der Waals surface area contributed by atoms with Crippen LogP contribution in [0, 0.1) is 11.3 Å². The van der Waals surface area contributed by atoms with Crippen molar-refractivity contribution in [3.8, 4) is 11.1 Å². The van der Waals surface area contributed by atoms with Gasteiger partial charge in [0.1, 0.15) is 6.61 Å². The van der Waals surface area contributed by atoms with Crippen LogP contribution in [0.1, 0.15) is 57.1 Å². The Labute approximate surface area is 206 Å². The summed E-state index contributed by atoms with van der Waals surface area (Å²) in [6, 6.07) is 16.0. The molecule has 35 heavy (non-hydrogen) atoms. The zero-order valence-electron chi connectivity index (χ0n) is 20.6. The number of aliphatic carboxylic acids is 1. The monoisotopic (exact) mass is 478 g/mol. The lowest BCUT2D eigenvalue weighted by Crippen LogP contribution is -2.48. The van der Waals surface area contributed by atoms with Gasteiger partial charge >= 0.3 is 12.1 Å². The van der Waals surface area contributed by atoms with E-state index >= 15 is 0 Å². The number of carbonyl (C=O) groups excluding carboxylic acids is 2. The van der Waals surface area contributed by atoms with E-state index in [1.165, 1.54) is 11.1 Å². The molecule has 0 aromatic heterocycles. The number of hydrogen-bond donors (Lipinski definition) is 2. The molecule has 0 spiro atoms. The van der Waals surface area contributed by atoms with Gasteiger partial charge in [-0.15, -0.1) is 0 Å². The van der Waals surface area contributed by atoms with Gasteiger partial charge in [-0.2, -0.15) is 0 Å². The maximum absolute atomic E-state index is 12.9. The van der Waals surface area contributed by atoms with Gasteiger partial charge in [-0.25, -0.2) is 4.79 Å². The van der Waals surface area contributed by atoms with Gasteiger partial charge < -0.3 is 20.1 Å². The van der Waals surface area contributed by atoms with E-state index in [4.69, 9.17) is 4.74 Å². The van der Waals surface area contributed by atoms with Crippen molar-refractivity contribution in [2.75, 3.05) is 19.7 Å². The molecule has 2 N–H and O–H groups in total. The Morgan fingerprint density at radius 2 is 1.57 bits per heavy atom. The van der Waals surface area contributed by atoms with Crippen LogP contribution in [0.4, 0.5) is 4.79 Å². The fourth-order valence-electron chi connectivity index (χ4n) is 5.03. The van der Waals surface area contributed by atoms with Crippen molar-refractivity contribution in [1.82, 2.24) is 10.2 Å². The number of rotatable bonds is 7. The van der Waals surface area contributed by atoms with Crippen LogP contribution in [0.15, 0.2) is 48.5 Å². The third kappa shape index (κ3) is 5.19. The highest BCUT2D eigenvalue weighted by molar-refractivity contribution is 5.80. The fraction of sp³-hybridized carbons (Fsp3) is 0.464. The van der Waals surface area contributed by atoms with E-state index in [0.29, 0.717) is 25.9 Å². The number of ether oxygens (including phenoxy) is 1. The Balaban J connectivity index is 1.34. The molecule has 0 unspecified atom stereocenters. The summed E-state index contributed by atoms with van der Waals surface area (Å²) in [5.74, 6) is -0.880. The summed E-state index contributed by atoms with van der Waals surface area (Å²) in [5, 5.41) is 12.3. The molecule has 1 aliphatic heterocycles. The number of nitrogens with one attached hydrogen (secondary N) is 1. The van der Waals surface area contributed by atoms with E-state index in [0.717, 1.165) is 11.1 Å². The molecule has 2 aromatic carbocycles. The first-order chi connectivity index (χ1) is 16.7. The molecule has 0 saturated carbocycles. The summed E-state index contributed by atoms with van der Waals surface area (Å²) in [4.78, 5) is 38.8. The van der Waals surface area contributed by atoms with E-state index in [2.05, 4.69) is 29.6 Å². The number of carboxylic acid groups (broad SMARTS) is 1. The second-order valence-electron chi connectivity index (χ2n) is 10.3. The van der Waals surface area contributed by atoms with E-state index in [1.807, 2.05) is 38.1 Å². The lowest BCUT2D eigenvalue weighted by atomic mass is 9.80. The summed E-state index contributed by atoms with van der Waals surface area (Å²) >= 11 is 0. The maximum atomic E-state index is 12.9. The van der Waals surface area contributed by atoms with Crippen molar-refractivity contribution in [2.45, 2.75) is 52.0 Å². The van der Waals surface area contributed by atoms with Crippen LogP contribution in [-0.2, 0) is 14.3 Å². The second-order valence-corrected chi connectivity index (χ2v) is 10.3. The molecule has 1 saturated heterocycles. The summed E-state index contributed by atoms with van der Waals surface area (Å²) in [7, 11) is 0. The third-order valence-corrected chi connectivity index (χ3v) is 7.58. The molecule has 1 atom stereocenters. The molecule has 4 rings (SSSR count). The highest BCUT2D eigenvalue weighted by Crippen LogP contribution is 2.44. The average Bonchev–Trinajstić information content (AvgIpc) is 3.16. The van der Waals surface area contributed by atoms with Gasteiger partial charge in [0.15, 0.2) is 0 Å². The zero-order chi connectivity index (χ0) is 25.2. The van der Waals surface area contributed by atoms with Crippen LogP contribution in [0.25, 0.3) is 11.1 Å². The van der Waals surface area contributed by atoms with Gasteiger partial charge in [0.25, 0.3) is 0 Å². The molecule has 0 radical (unpaired) electrons. The van der Waals surface area contributed by atoms with Crippen molar-refractivity contribution in [2.24, 2.45) is 11.3 Å². The van der Waals surface area contributed by atoms with Crippen LogP contribution in [0.5, 0.6) is 0 Å². The van der Waals surface area contributed by atoms with Gasteiger partial charge in [-0.05, 0) is 47.9 Å². The smallest absolute Gasteiger partial charge is 0.407 e. The number of carbonyl (C=O) groups is 3. The second kappa shape index (κ2) is 10.1. The highest BCUT2D eigenvalue weighted by atomic mass is 16.5. The standard InChI is InChI=1S/C28H34N2O5/c1-18(2)24(16-25(31)30-14-12-28(3,13-15-30)26(32)33)29-27(34)35-17-23-21-10-6-4-8-19(21)20-9-5-7-11-22(20)23/h4-11,18,23-24H,12-17H2,1-3H3,(H,29,34)(H,32,33)/t24-/m0/s1. The number of likely N-dealkylation sites (tertiary alicyclic amines) is 1. The van der Waals surface area contributed by atoms with Crippen LogP contribution < -0.4 is 5.32 Å². The summed E-state index contributed by atoms with van der Waals surface area (Å²) in [6.07, 6.45) is 0.488. The van der Waals surface area contributed by atoms with E-state index in [-0.39, 0.29) is 36.8 Å². The molecule has 7 nitrogen and oxygen atoms in total. The van der Waals surface area contributed by atoms with Crippen molar-refractivity contribution in [3.63, 3.8) is 0 Å². The van der Waals surface area contributed by atoms with Gasteiger partial charge in [-0.1, -0.05) is 62.4 Å². The minimum Gasteiger partial charge on any atom is -0.481 e. The Hall–Kier alpha value is -3.35. The predicted molar refractivity (Wildman–Crippen MR) is 133 cm³/mol. The molecule has 2 aliphatic rings. The van der Waals surface area contributed by atoms with Crippen molar-refractivity contribution >= 4 is 18.0 Å². The van der Waals surface area contributed by atoms with E-state index < -0.39 is 17.5 Å². The Bertz CT molecular complexity index is 1060. The normalized spacial score (nSPS) is 17.4. The van der Waals surface area contributed by atoms with Gasteiger partial charge in [-0.3, -0.25) is 9.59 Å². The number of fused-ring (bicyclic) bond motifs is 3. The molecule has 2 amide bonds. The maximum Gasteiger partial charge on any atom is 0.407 e. The number of carboxylic acids is 1. The Morgan fingerprint density at radius 1 is 1.03 bits per heavy atom. The molecular formula is C28H34N2O5. The molecule has 186 valence electrons. The average molecular weight is 479 g/mol. The van der Waals surface area contributed by atoms with Crippen molar-refractivity contribution in [3.05, 3.63) is 59.7 Å². The largest absolute Gasteiger partial charge is 0.481 e. The first-order valence-corrected chi connectivity index (χ1v) is 12.3. The lowest BCUT2D eigenvalue weighted by molar-refractivity contribution is -0.153. The molecule has 1 fully saturated rings. The van der Waals surface area contributed by atoms with Gasteiger partial charge in [0.2, 0.25) is 5.91 Å². The summed E-state index contributed by atoms with van der Waals surface area (Å²) in [5.41, 5.74) is 3.85. The number of amides is 2. The molecule has 0 bridgehead atoms. The molecule has 7 heteroatoms. The minimum atomic E-state index is -0.818. The topological polar surface area (TPSA) is 95.9 Å². The van der Waals surface area contributed by atoms with Crippen molar-refractivity contribution < 1.29 is 24.2 Å². The van der Waals surface area contributed by atoms with Crippen molar-refractivity contribution in [1.29, 1.82) is 0 Å². The molecule has 2 aromatic rings. The lowest BCUT2D eigenvalue weighted by Gasteiger charge is -2.37. The van der Waals surface area contributed by atoms with Crippen LogP contribution in [0.2, 0.25) is 0 Å². The first-order valence-electron chi connectivity index (χ1n) is 12.3. The first kappa shape index (κ1) is 24.8. The minimum absolute atomic E-state index is 0.0239. The fourth-order valence-corrected chi connectivity index (χ4v) is 5.03. The SMILES string of the molecule is CC(C)[C@H](CC(=O)N1CCC(C)(C(=O)O)CC1)NC(=O)OCC1c2ccccc2-c2ccccc21. The number of nitrogens with zero attached hydrogens (tertiary/aromatic N) is 1. The van der Waals surface area contributed by atoms with Gasteiger partial charge in [0.05, 0.1) is 5.41 Å². The zero-order valence-corrected chi connectivity index (χ0v) is 20.6. The Kier molecular flexibility index (Phi) is 7.15. The van der Waals surface area contributed by atoms with E-state index in [9.17, 15) is 19.5 Å². The highest BCUT2D eigenvalue weighted by Gasteiger charge is 2.38. The molecule has 1 heterocycles. The van der Waals surface area contributed by atoms with Crippen LogP contribution in [0.3, 0.4) is 0 Å². The summed E-state index contributed by atoms with van der Waals surface area (Å²) < 4.78 is 5.66. The molecular weight excluding hydrogens is 444 g/mol. The van der Waals surface area contributed by atoms with Gasteiger partial charge in [0, 0.05) is 31.5 Å². The quantitative estimate of drug-likeness (QED) is 0.604. The van der Waals surface area contributed by atoms with Crippen LogP contribution >= 0.6 is 0 Å². The number of piperidine rings is 1. The molecule has 1 aliphatic carbocycles. The number of hydrogen-bond acceptors (Lipinski definition) is 4. The number of benzene rings is 2. The van der Waals surface area contributed by atoms with Crippen LogP contribution in [-0.4, -0.2) is 53.7 Å².